The largest absolute Gasteiger partial charge is 0.251 e. The first-order valence-corrected chi connectivity index (χ1v) is 4.70. The molecule has 0 aromatic carbocycles. The van der Waals surface area contributed by atoms with Gasteiger partial charge < -0.3 is 0 Å². The van der Waals surface area contributed by atoms with E-state index in [4.69, 9.17) is 0 Å². The third kappa shape index (κ3) is 5.18. The molecule has 0 atom stereocenters. The van der Waals surface area contributed by atoms with E-state index < -0.39 is 0 Å². The average Bonchev–Trinajstić information content (AvgIpc) is 1.87. The summed E-state index contributed by atoms with van der Waals surface area (Å²) in [5.41, 5.74) is 1.25. The Balaban J connectivity index is 4.22. The van der Waals surface area contributed by atoms with Crippen molar-refractivity contribution in [2.75, 3.05) is 0 Å². The highest BCUT2D eigenvalue weighted by atomic mass is 127. The van der Waals surface area contributed by atoms with E-state index in [1.807, 2.05) is 13.1 Å². The Kier molecular flexibility index (Phi) is 5.46. The quantitative estimate of drug-likeness (QED) is 0.419. The zero-order valence-corrected chi connectivity index (χ0v) is 9.42. The molecule has 0 aliphatic carbocycles. The van der Waals surface area contributed by atoms with E-state index in [2.05, 4.69) is 54.1 Å². The first-order chi connectivity index (χ1) is 5.07. The van der Waals surface area contributed by atoms with Crippen molar-refractivity contribution in [1.82, 2.24) is 0 Å². The van der Waals surface area contributed by atoms with E-state index >= 15 is 0 Å². The van der Waals surface area contributed by atoms with Gasteiger partial charge in [-0.25, -0.2) is 0 Å². The monoisotopic (exact) mass is 263 g/mol. The zero-order chi connectivity index (χ0) is 8.85. The maximum atomic E-state index is 4.12. The summed E-state index contributed by atoms with van der Waals surface area (Å²) in [4.78, 5) is 4.12. The third-order valence-electron chi connectivity index (χ3n) is 1.35. The van der Waals surface area contributed by atoms with E-state index in [1.165, 1.54) is 5.57 Å². The summed E-state index contributed by atoms with van der Waals surface area (Å²) in [6.07, 6.45) is 3.95. The summed E-state index contributed by atoms with van der Waals surface area (Å²) >= 11 is 2.10. The lowest BCUT2D eigenvalue weighted by Gasteiger charge is -2.02. The minimum Gasteiger partial charge on any atom is -0.251 e. The molecule has 0 saturated heterocycles. The van der Waals surface area contributed by atoms with Crippen molar-refractivity contribution in [3.8, 4) is 0 Å². The van der Waals surface area contributed by atoms with Crippen molar-refractivity contribution in [2.45, 2.75) is 20.8 Å². The van der Waals surface area contributed by atoms with Crippen LogP contribution in [0.1, 0.15) is 20.8 Å². The molecule has 0 aromatic rings. The fourth-order valence-electron chi connectivity index (χ4n) is 0.702. The molecule has 0 heterocycles. The highest BCUT2D eigenvalue weighted by Crippen LogP contribution is 2.09. The molecule has 0 aliphatic heterocycles. The lowest BCUT2D eigenvalue weighted by molar-refractivity contribution is 0.805. The van der Waals surface area contributed by atoms with Crippen LogP contribution in [0.4, 0.5) is 0 Å². The molecule has 0 spiro atoms. The smallest absolute Gasteiger partial charge is 0.0937 e. The van der Waals surface area contributed by atoms with Crippen LogP contribution in [0, 0.1) is 5.92 Å². The molecule has 0 bridgehead atoms. The van der Waals surface area contributed by atoms with E-state index in [1.54, 1.807) is 0 Å². The second-order valence-corrected chi connectivity index (χ2v) is 3.82. The summed E-state index contributed by atoms with van der Waals surface area (Å²) in [6.45, 7) is 10.0. The number of rotatable bonds is 3. The van der Waals surface area contributed by atoms with Crippen LogP contribution in [-0.4, -0.2) is 6.21 Å². The number of allylic oxidation sites excluding steroid dienone is 2. The topological polar surface area (TPSA) is 12.4 Å². The fourth-order valence-corrected chi connectivity index (χ4v) is 0.841. The summed E-state index contributed by atoms with van der Waals surface area (Å²) in [5.74, 6) is 0.541. The lowest BCUT2D eigenvalue weighted by atomic mass is 10.1. The number of nitrogens with zero attached hydrogens (tertiary/aromatic N) is 1. The third-order valence-corrected chi connectivity index (χ3v) is 1.63. The van der Waals surface area contributed by atoms with Gasteiger partial charge in [-0.15, -0.1) is 0 Å². The molecular formula is C9H14IN. The fraction of sp³-hybridized carbons (Fsp3) is 0.444. The van der Waals surface area contributed by atoms with Crippen molar-refractivity contribution in [1.29, 1.82) is 0 Å². The second kappa shape index (κ2) is 5.52. The van der Waals surface area contributed by atoms with Crippen molar-refractivity contribution in [2.24, 2.45) is 10.9 Å². The Labute approximate surface area is 82.4 Å². The maximum Gasteiger partial charge on any atom is 0.0937 e. The van der Waals surface area contributed by atoms with E-state index in [-0.39, 0.29) is 0 Å². The first-order valence-electron chi connectivity index (χ1n) is 3.62. The number of halogens is 1. The van der Waals surface area contributed by atoms with Gasteiger partial charge in [-0.05, 0) is 41.0 Å². The minimum absolute atomic E-state index is 0.541. The number of hydrogen-bond acceptors (Lipinski definition) is 1. The van der Waals surface area contributed by atoms with Crippen molar-refractivity contribution < 1.29 is 0 Å². The number of aliphatic imine (C=N–C) groups is 1. The molecule has 0 fully saturated rings. The standard InChI is InChI=1S/C9H14IN/c1-5-9(7(2)3)6-11-8(4)10/h5-7H,4H2,1-3H3/b9-5+,11-6-. The van der Waals surface area contributed by atoms with Crippen LogP contribution in [0.3, 0.4) is 0 Å². The van der Waals surface area contributed by atoms with Gasteiger partial charge in [-0.2, -0.15) is 0 Å². The molecule has 11 heavy (non-hydrogen) atoms. The Morgan fingerprint density at radius 2 is 2.09 bits per heavy atom. The average molecular weight is 263 g/mol. The summed E-state index contributed by atoms with van der Waals surface area (Å²) < 4.78 is 0.822. The van der Waals surface area contributed by atoms with Gasteiger partial charge in [0.15, 0.2) is 0 Å². The molecule has 0 rings (SSSR count). The van der Waals surface area contributed by atoms with Gasteiger partial charge in [0.05, 0.1) is 3.70 Å². The van der Waals surface area contributed by atoms with Crippen LogP contribution >= 0.6 is 22.6 Å². The van der Waals surface area contributed by atoms with E-state index in [0.717, 1.165) is 3.70 Å². The Hall–Kier alpha value is -0.120. The van der Waals surface area contributed by atoms with E-state index in [0.29, 0.717) is 5.92 Å². The van der Waals surface area contributed by atoms with Crippen molar-refractivity contribution in [3.05, 3.63) is 21.9 Å². The first kappa shape index (κ1) is 10.9. The Morgan fingerprint density at radius 3 is 2.36 bits per heavy atom. The Morgan fingerprint density at radius 1 is 1.55 bits per heavy atom. The van der Waals surface area contributed by atoms with E-state index in [9.17, 15) is 0 Å². The molecule has 0 aromatic heterocycles. The molecule has 2 heteroatoms. The summed E-state index contributed by atoms with van der Waals surface area (Å²) in [6, 6.07) is 0. The summed E-state index contributed by atoms with van der Waals surface area (Å²) in [5, 5.41) is 0. The lowest BCUT2D eigenvalue weighted by Crippen LogP contribution is -1.94. The van der Waals surface area contributed by atoms with Crippen LogP contribution in [-0.2, 0) is 0 Å². The van der Waals surface area contributed by atoms with Crippen molar-refractivity contribution in [3.63, 3.8) is 0 Å². The predicted molar refractivity (Wildman–Crippen MR) is 60.2 cm³/mol. The molecule has 0 saturated carbocycles. The van der Waals surface area contributed by atoms with Gasteiger partial charge in [-0.1, -0.05) is 26.5 Å². The van der Waals surface area contributed by atoms with Crippen molar-refractivity contribution >= 4 is 28.8 Å². The van der Waals surface area contributed by atoms with Crippen LogP contribution in [0.15, 0.2) is 26.9 Å². The zero-order valence-electron chi connectivity index (χ0n) is 7.26. The summed E-state index contributed by atoms with van der Waals surface area (Å²) in [7, 11) is 0. The second-order valence-electron chi connectivity index (χ2n) is 2.58. The maximum absolute atomic E-state index is 4.12. The molecule has 0 N–H and O–H groups in total. The Bertz CT molecular complexity index is 190. The van der Waals surface area contributed by atoms with Gasteiger partial charge in [0, 0.05) is 6.21 Å². The van der Waals surface area contributed by atoms with Gasteiger partial charge in [0.1, 0.15) is 0 Å². The van der Waals surface area contributed by atoms with Crippen LogP contribution in [0.5, 0.6) is 0 Å². The predicted octanol–water partition coefficient (Wildman–Crippen LogP) is 3.57. The minimum atomic E-state index is 0.541. The number of hydrogen-bond donors (Lipinski definition) is 0. The van der Waals surface area contributed by atoms with Gasteiger partial charge in [0.25, 0.3) is 0 Å². The SMILES string of the molecule is C=C(I)/N=C\C(=C/C)C(C)C. The van der Waals surface area contributed by atoms with Crippen LogP contribution in [0.2, 0.25) is 0 Å². The molecule has 0 unspecified atom stereocenters. The van der Waals surface area contributed by atoms with Gasteiger partial charge in [-0.3, -0.25) is 4.99 Å². The molecule has 0 radical (unpaired) electrons. The van der Waals surface area contributed by atoms with Gasteiger partial charge >= 0.3 is 0 Å². The molecule has 0 aliphatic rings. The van der Waals surface area contributed by atoms with Gasteiger partial charge in [0.2, 0.25) is 0 Å². The molecule has 1 nitrogen and oxygen atoms in total. The highest BCUT2D eigenvalue weighted by molar-refractivity contribution is 14.1. The normalized spacial score (nSPS) is 13.0. The molecule has 0 amide bonds. The molecule has 62 valence electrons. The molecular weight excluding hydrogens is 249 g/mol. The highest BCUT2D eigenvalue weighted by Gasteiger charge is 1.96. The van der Waals surface area contributed by atoms with Crippen LogP contribution in [0.25, 0.3) is 0 Å². The van der Waals surface area contributed by atoms with Crippen LogP contribution < -0.4 is 0 Å².